The topological polar surface area (TPSA) is 83.0 Å². The number of alkyl halides is 3. The summed E-state index contributed by atoms with van der Waals surface area (Å²) in [6.45, 7) is 1.93. The zero-order valence-corrected chi connectivity index (χ0v) is 18.3. The van der Waals surface area contributed by atoms with E-state index in [0.717, 1.165) is 34.1 Å². The molecule has 0 fully saturated rings. The molecule has 4 rings (SSSR count). The molecule has 2 aromatic carbocycles. The van der Waals surface area contributed by atoms with Gasteiger partial charge in [-0.1, -0.05) is 24.3 Å². The fraction of sp³-hybridized carbons (Fsp3) is 0.174. The number of aliphatic hydroxyl groups excluding tert-OH is 1. The summed E-state index contributed by atoms with van der Waals surface area (Å²) in [6.07, 6.45) is -4.06. The van der Waals surface area contributed by atoms with E-state index in [1.165, 1.54) is 12.1 Å². The second-order valence-corrected chi connectivity index (χ2v) is 8.31. The average Bonchev–Trinajstić information content (AvgIpc) is 3.24. The van der Waals surface area contributed by atoms with E-state index in [0.29, 0.717) is 11.8 Å². The Kier molecular flexibility index (Phi) is 6.57. The van der Waals surface area contributed by atoms with E-state index in [4.69, 9.17) is 0 Å². The molecule has 2 aromatic heterocycles. The first-order valence-electron chi connectivity index (χ1n) is 10.00. The lowest BCUT2D eigenvalue weighted by Gasteiger charge is -2.15. The lowest BCUT2D eigenvalue weighted by Crippen LogP contribution is -2.14. The summed E-state index contributed by atoms with van der Waals surface area (Å²) >= 11 is 1.58. The Labute approximate surface area is 192 Å². The van der Waals surface area contributed by atoms with Crippen LogP contribution in [0.4, 0.5) is 30.6 Å². The second-order valence-electron chi connectivity index (χ2n) is 7.24. The van der Waals surface area contributed by atoms with Crippen molar-refractivity contribution in [3.8, 4) is 11.3 Å². The summed E-state index contributed by atoms with van der Waals surface area (Å²) in [7, 11) is 0. The number of nitrogens with one attached hydrogen (secondary N) is 2. The first-order chi connectivity index (χ1) is 15.8. The molecule has 0 radical (unpaired) electrons. The summed E-state index contributed by atoms with van der Waals surface area (Å²) in [5.74, 6) is 0.755. The molecule has 33 heavy (non-hydrogen) atoms. The third-order valence-electron chi connectivity index (χ3n) is 4.76. The number of thiazole rings is 1. The van der Waals surface area contributed by atoms with Crippen LogP contribution in [0.5, 0.6) is 0 Å². The van der Waals surface area contributed by atoms with Gasteiger partial charge in [0.15, 0.2) is 0 Å². The van der Waals surface area contributed by atoms with Gasteiger partial charge in [0.05, 0.1) is 22.4 Å². The highest BCUT2D eigenvalue weighted by molar-refractivity contribution is 7.09. The molecule has 2 heterocycles. The van der Waals surface area contributed by atoms with Gasteiger partial charge in [0.1, 0.15) is 5.82 Å². The first-order valence-corrected chi connectivity index (χ1v) is 10.9. The largest absolute Gasteiger partial charge is 0.416 e. The van der Waals surface area contributed by atoms with Gasteiger partial charge in [-0.05, 0) is 42.8 Å². The molecule has 170 valence electrons. The van der Waals surface area contributed by atoms with E-state index in [9.17, 15) is 18.3 Å². The molecule has 3 N–H and O–H groups in total. The van der Waals surface area contributed by atoms with Crippen LogP contribution in [0.2, 0.25) is 0 Å². The number of hydrogen-bond donors (Lipinski definition) is 3. The number of anilines is 3. The average molecular weight is 472 g/mol. The minimum Gasteiger partial charge on any atom is -0.387 e. The quantitative estimate of drug-likeness (QED) is 0.315. The van der Waals surface area contributed by atoms with Gasteiger partial charge in [-0.2, -0.15) is 18.2 Å². The molecule has 4 aromatic rings. The minimum atomic E-state index is -4.47. The van der Waals surface area contributed by atoms with E-state index in [1.807, 2.05) is 36.6 Å². The van der Waals surface area contributed by atoms with Gasteiger partial charge in [-0.25, -0.2) is 9.97 Å². The Balaban J connectivity index is 1.42. The Morgan fingerprint density at radius 1 is 1.06 bits per heavy atom. The van der Waals surface area contributed by atoms with Crippen LogP contribution >= 0.6 is 11.3 Å². The summed E-state index contributed by atoms with van der Waals surface area (Å²) in [5, 5.41) is 19.4. The summed E-state index contributed by atoms with van der Waals surface area (Å²) in [6, 6.07) is 13.9. The van der Waals surface area contributed by atoms with Crippen LogP contribution in [-0.2, 0) is 6.18 Å². The lowest BCUT2D eigenvalue weighted by atomic mass is 10.1. The fourth-order valence-electron chi connectivity index (χ4n) is 3.14. The van der Waals surface area contributed by atoms with Crippen molar-refractivity contribution in [1.29, 1.82) is 0 Å². The molecule has 0 aliphatic carbocycles. The molecule has 0 spiro atoms. The summed E-state index contributed by atoms with van der Waals surface area (Å²) in [5.41, 5.74) is 1.99. The van der Waals surface area contributed by atoms with Crippen molar-refractivity contribution in [2.24, 2.45) is 0 Å². The zero-order valence-electron chi connectivity index (χ0n) is 17.5. The molecule has 1 unspecified atom stereocenters. The van der Waals surface area contributed by atoms with Crippen molar-refractivity contribution in [2.75, 3.05) is 17.2 Å². The molecular weight excluding hydrogens is 451 g/mol. The maximum atomic E-state index is 12.9. The molecule has 0 saturated heterocycles. The van der Waals surface area contributed by atoms with Gasteiger partial charge in [0, 0.05) is 29.4 Å². The Morgan fingerprint density at radius 3 is 2.64 bits per heavy atom. The summed E-state index contributed by atoms with van der Waals surface area (Å²) < 4.78 is 38.7. The van der Waals surface area contributed by atoms with Crippen LogP contribution in [0.15, 0.2) is 66.2 Å². The third kappa shape index (κ3) is 5.85. The van der Waals surface area contributed by atoms with Gasteiger partial charge >= 0.3 is 6.18 Å². The second kappa shape index (κ2) is 9.55. The third-order valence-corrected chi connectivity index (χ3v) is 5.54. The van der Waals surface area contributed by atoms with E-state index >= 15 is 0 Å². The van der Waals surface area contributed by atoms with Crippen LogP contribution in [0.1, 0.15) is 22.2 Å². The van der Waals surface area contributed by atoms with E-state index in [1.54, 1.807) is 23.6 Å². The Bertz CT molecular complexity index is 1240. The number of benzene rings is 2. The molecule has 0 bridgehead atoms. The number of hydrogen-bond acceptors (Lipinski definition) is 7. The van der Waals surface area contributed by atoms with Gasteiger partial charge < -0.3 is 15.7 Å². The molecule has 10 heteroatoms. The zero-order chi connectivity index (χ0) is 23.4. The maximum Gasteiger partial charge on any atom is 0.416 e. The molecule has 0 aliphatic rings. The molecule has 0 amide bonds. The molecule has 0 aliphatic heterocycles. The van der Waals surface area contributed by atoms with E-state index in [-0.39, 0.29) is 12.1 Å². The van der Waals surface area contributed by atoms with Crippen molar-refractivity contribution in [3.05, 3.63) is 82.3 Å². The van der Waals surface area contributed by atoms with Crippen LogP contribution < -0.4 is 10.6 Å². The highest BCUT2D eigenvalue weighted by Gasteiger charge is 2.30. The van der Waals surface area contributed by atoms with Crippen molar-refractivity contribution in [3.63, 3.8) is 0 Å². The first kappa shape index (κ1) is 22.7. The van der Waals surface area contributed by atoms with E-state index in [2.05, 4.69) is 25.6 Å². The smallest absolute Gasteiger partial charge is 0.387 e. The number of rotatable bonds is 7. The monoisotopic (exact) mass is 471 g/mol. The highest BCUT2D eigenvalue weighted by Crippen LogP contribution is 2.31. The predicted molar refractivity (Wildman–Crippen MR) is 122 cm³/mol. The fourth-order valence-corrected chi connectivity index (χ4v) is 3.76. The van der Waals surface area contributed by atoms with Crippen LogP contribution in [0.3, 0.4) is 0 Å². The Morgan fingerprint density at radius 2 is 1.88 bits per heavy atom. The van der Waals surface area contributed by atoms with Gasteiger partial charge in [-0.15, -0.1) is 11.3 Å². The van der Waals surface area contributed by atoms with Crippen molar-refractivity contribution >= 4 is 28.8 Å². The molecule has 6 nitrogen and oxygen atoms in total. The molecule has 0 saturated carbocycles. The summed E-state index contributed by atoms with van der Waals surface area (Å²) in [4.78, 5) is 13.1. The normalized spacial score (nSPS) is 12.4. The number of halogens is 3. The molecule has 1 atom stereocenters. The van der Waals surface area contributed by atoms with Crippen LogP contribution in [0.25, 0.3) is 11.3 Å². The van der Waals surface area contributed by atoms with E-state index < -0.39 is 17.8 Å². The minimum absolute atomic E-state index is 0.0174. The SMILES string of the molecule is Cc1nc(-c2cccc(Nc3nccc(NCC(O)c4cccc(C(F)(F)F)c4)n3)c2)cs1. The molecular formula is C23H20F3N5OS. The number of aryl methyl sites for hydroxylation is 1. The highest BCUT2D eigenvalue weighted by atomic mass is 32.1. The number of aliphatic hydroxyl groups is 1. The lowest BCUT2D eigenvalue weighted by molar-refractivity contribution is -0.137. The Hall–Kier alpha value is -3.50. The predicted octanol–water partition coefficient (Wildman–Crippen LogP) is 5.82. The van der Waals surface area contributed by atoms with Gasteiger partial charge in [0.25, 0.3) is 0 Å². The van der Waals surface area contributed by atoms with Crippen molar-refractivity contribution in [2.45, 2.75) is 19.2 Å². The number of aromatic nitrogens is 3. The van der Waals surface area contributed by atoms with Crippen molar-refractivity contribution in [1.82, 2.24) is 15.0 Å². The maximum absolute atomic E-state index is 12.9. The van der Waals surface area contributed by atoms with Gasteiger partial charge in [0.2, 0.25) is 5.95 Å². The number of nitrogens with zero attached hydrogens (tertiary/aromatic N) is 3. The van der Waals surface area contributed by atoms with Crippen molar-refractivity contribution < 1.29 is 18.3 Å². The van der Waals surface area contributed by atoms with Crippen LogP contribution in [-0.4, -0.2) is 26.6 Å². The standard InChI is InChI=1S/C23H20F3N5OS/c1-14-29-19(13-33-14)15-4-3-7-18(11-15)30-22-27-9-8-21(31-22)28-12-20(32)16-5-2-6-17(10-16)23(24,25)26/h2-11,13,20,32H,12H2,1H3,(H2,27,28,30,31). The van der Waals surface area contributed by atoms with Crippen LogP contribution in [0, 0.1) is 6.92 Å². The van der Waals surface area contributed by atoms with Gasteiger partial charge in [-0.3, -0.25) is 0 Å².